The van der Waals surface area contributed by atoms with Gasteiger partial charge in [0.2, 0.25) is 21.8 Å². The zero-order chi connectivity index (χ0) is 28.2. The van der Waals surface area contributed by atoms with Crippen LogP contribution < -0.4 is 10.2 Å². The van der Waals surface area contributed by atoms with Gasteiger partial charge in [-0.25, -0.2) is 18.1 Å². The van der Waals surface area contributed by atoms with Crippen molar-refractivity contribution in [2.24, 2.45) is 0 Å². The first-order chi connectivity index (χ1) is 18.6. The fraction of sp³-hybridized carbons (Fsp3) is 0.357. The highest BCUT2D eigenvalue weighted by molar-refractivity contribution is 7.89. The number of nitrogens with one attached hydrogen (secondary N) is 1. The molecule has 0 spiro atoms. The molecule has 1 heterocycles. The lowest BCUT2D eigenvalue weighted by atomic mass is 9.97. The summed E-state index contributed by atoms with van der Waals surface area (Å²) in [7, 11) is -2.93. The van der Waals surface area contributed by atoms with Crippen molar-refractivity contribution in [3.05, 3.63) is 65.7 Å². The molecule has 4 rings (SSSR count). The summed E-state index contributed by atoms with van der Waals surface area (Å²) in [5, 5.41) is 2.60. The number of anilines is 2. The Morgan fingerprint density at radius 3 is 2.33 bits per heavy atom. The van der Waals surface area contributed by atoms with Crippen LogP contribution in [0.4, 0.5) is 11.4 Å². The van der Waals surface area contributed by atoms with Crippen LogP contribution in [0.5, 0.6) is 0 Å². The summed E-state index contributed by atoms with van der Waals surface area (Å²) in [6.07, 6.45) is 6.19. The molecule has 1 N–H and O–H groups in total. The normalized spacial score (nSPS) is 17.8. The summed E-state index contributed by atoms with van der Waals surface area (Å²) in [5.41, 5.74) is 2.07. The van der Waals surface area contributed by atoms with Crippen LogP contribution in [-0.2, 0) is 29.1 Å². The number of allylic oxidation sites excluding steroid dienone is 1. The molecule has 39 heavy (non-hydrogen) atoms. The van der Waals surface area contributed by atoms with Gasteiger partial charge in [0, 0.05) is 19.2 Å². The SMILES string of the molecule is COC(=O)c1ccc(N2C(=O)CC(N(CCC3=CCCCC3)S(=O)(=O)c3ccc(NC(C)=O)cc3)C2=O)cc1. The van der Waals surface area contributed by atoms with Gasteiger partial charge in [-0.2, -0.15) is 4.31 Å². The van der Waals surface area contributed by atoms with E-state index in [-0.39, 0.29) is 35.0 Å². The number of esters is 1. The molecule has 206 valence electrons. The molecule has 2 aromatic carbocycles. The lowest BCUT2D eigenvalue weighted by molar-refractivity contribution is -0.122. The number of carbonyl (C=O) groups excluding carboxylic acids is 4. The Labute approximate surface area is 227 Å². The van der Waals surface area contributed by atoms with E-state index >= 15 is 0 Å². The van der Waals surface area contributed by atoms with E-state index in [2.05, 4.69) is 16.1 Å². The van der Waals surface area contributed by atoms with Gasteiger partial charge in [0.1, 0.15) is 6.04 Å². The first-order valence-electron chi connectivity index (χ1n) is 12.7. The third kappa shape index (κ3) is 6.26. The monoisotopic (exact) mass is 553 g/mol. The minimum absolute atomic E-state index is 0.0421. The number of imide groups is 1. The Bertz CT molecular complexity index is 1400. The molecular formula is C28H31N3O7S. The van der Waals surface area contributed by atoms with Crippen LogP contribution >= 0.6 is 0 Å². The van der Waals surface area contributed by atoms with Crippen molar-refractivity contribution in [1.29, 1.82) is 0 Å². The molecule has 1 fully saturated rings. The summed E-state index contributed by atoms with van der Waals surface area (Å²) in [5.74, 6) is -2.03. The molecule has 1 saturated heterocycles. The van der Waals surface area contributed by atoms with E-state index in [9.17, 15) is 27.6 Å². The van der Waals surface area contributed by atoms with Gasteiger partial charge in [-0.1, -0.05) is 11.6 Å². The van der Waals surface area contributed by atoms with Gasteiger partial charge in [-0.15, -0.1) is 0 Å². The Morgan fingerprint density at radius 2 is 1.74 bits per heavy atom. The molecule has 0 aromatic heterocycles. The summed E-state index contributed by atoms with van der Waals surface area (Å²) in [4.78, 5) is 50.7. The number of sulfonamides is 1. The maximum Gasteiger partial charge on any atom is 0.337 e. The number of benzene rings is 2. The highest BCUT2D eigenvalue weighted by Gasteiger charge is 2.46. The van der Waals surface area contributed by atoms with E-state index in [1.807, 2.05) is 0 Å². The van der Waals surface area contributed by atoms with Crippen LogP contribution in [0.1, 0.15) is 55.8 Å². The molecule has 0 radical (unpaired) electrons. The lowest BCUT2D eigenvalue weighted by Crippen LogP contribution is -2.46. The highest BCUT2D eigenvalue weighted by atomic mass is 32.2. The third-order valence-corrected chi connectivity index (χ3v) is 8.76. The third-order valence-electron chi connectivity index (χ3n) is 6.84. The highest BCUT2D eigenvalue weighted by Crippen LogP contribution is 2.31. The summed E-state index contributed by atoms with van der Waals surface area (Å²) < 4.78 is 33.5. The predicted molar refractivity (Wildman–Crippen MR) is 144 cm³/mol. The van der Waals surface area contributed by atoms with Crippen molar-refractivity contribution in [2.45, 2.75) is 56.4 Å². The Hall–Kier alpha value is -3.83. The van der Waals surface area contributed by atoms with Gasteiger partial charge < -0.3 is 10.1 Å². The van der Waals surface area contributed by atoms with E-state index in [4.69, 9.17) is 0 Å². The van der Waals surface area contributed by atoms with Crippen LogP contribution in [-0.4, -0.2) is 56.1 Å². The zero-order valence-corrected chi connectivity index (χ0v) is 22.7. The van der Waals surface area contributed by atoms with E-state index in [1.165, 1.54) is 62.6 Å². The van der Waals surface area contributed by atoms with Gasteiger partial charge in [-0.3, -0.25) is 14.4 Å². The minimum atomic E-state index is -4.18. The second-order valence-corrected chi connectivity index (χ2v) is 11.4. The second kappa shape index (κ2) is 11.9. The van der Waals surface area contributed by atoms with E-state index < -0.39 is 33.8 Å². The summed E-state index contributed by atoms with van der Waals surface area (Å²) in [6, 6.07) is 10.3. The average Bonchev–Trinajstić information content (AvgIpc) is 3.22. The van der Waals surface area contributed by atoms with Crippen molar-refractivity contribution in [3.8, 4) is 0 Å². The average molecular weight is 554 g/mol. The fourth-order valence-electron chi connectivity index (χ4n) is 4.85. The number of hydrogen-bond donors (Lipinski definition) is 1. The van der Waals surface area contributed by atoms with Crippen molar-refractivity contribution in [3.63, 3.8) is 0 Å². The number of carbonyl (C=O) groups is 4. The number of rotatable bonds is 9. The molecule has 1 aliphatic heterocycles. The van der Waals surface area contributed by atoms with Gasteiger partial charge in [0.05, 0.1) is 29.7 Å². The van der Waals surface area contributed by atoms with E-state index in [1.54, 1.807) is 0 Å². The molecule has 0 bridgehead atoms. The molecular weight excluding hydrogens is 522 g/mol. The molecule has 1 unspecified atom stereocenters. The fourth-order valence-corrected chi connectivity index (χ4v) is 6.44. The first kappa shape index (κ1) is 28.2. The van der Waals surface area contributed by atoms with Gasteiger partial charge >= 0.3 is 5.97 Å². The van der Waals surface area contributed by atoms with Crippen molar-refractivity contribution < 1.29 is 32.3 Å². The van der Waals surface area contributed by atoms with E-state index in [0.29, 0.717) is 12.1 Å². The van der Waals surface area contributed by atoms with Gasteiger partial charge in [0.15, 0.2) is 0 Å². The van der Waals surface area contributed by atoms with Crippen molar-refractivity contribution >= 4 is 45.1 Å². The first-order valence-corrected chi connectivity index (χ1v) is 14.2. The standard InChI is InChI=1S/C28H31N3O7S/c1-19(32)29-22-10-14-24(15-11-22)39(36,37)30(17-16-20-6-4-3-5-7-20)25-18-26(33)31(27(25)34)23-12-8-21(9-13-23)28(35)38-2/h6,8-15,25H,3-5,7,16-18H2,1-2H3,(H,29,32). The number of amides is 3. The minimum Gasteiger partial charge on any atom is -0.465 e. The molecule has 2 aliphatic rings. The van der Waals surface area contributed by atoms with E-state index in [0.717, 1.165) is 40.5 Å². The maximum absolute atomic E-state index is 13.9. The molecule has 10 nitrogen and oxygen atoms in total. The Kier molecular flexibility index (Phi) is 8.61. The van der Waals surface area contributed by atoms with Crippen molar-refractivity contribution in [2.75, 3.05) is 23.9 Å². The quantitative estimate of drug-likeness (QED) is 0.285. The number of hydrogen-bond acceptors (Lipinski definition) is 7. The number of nitrogens with zero attached hydrogens (tertiary/aromatic N) is 2. The van der Waals surface area contributed by atoms with Crippen LogP contribution in [0.25, 0.3) is 0 Å². The van der Waals surface area contributed by atoms with Crippen molar-refractivity contribution in [1.82, 2.24) is 4.31 Å². The molecule has 3 amide bonds. The number of ether oxygens (including phenoxy) is 1. The molecule has 1 atom stereocenters. The summed E-state index contributed by atoms with van der Waals surface area (Å²) in [6.45, 7) is 1.39. The van der Waals surface area contributed by atoms with Crippen LogP contribution in [0, 0.1) is 0 Å². The molecule has 2 aromatic rings. The van der Waals surface area contributed by atoms with Gasteiger partial charge in [0.25, 0.3) is 5.91 Å². The molecule has 11 heteroatoms. The topological polar surface area (TPSA) is 130 Å². The van der Waals surface area contributed by atoms with Crippen LogP contribution in [0.2, 0.25) is 0 Å². The zero-order valence-electron chi connectivity index (χ0n) is 21.9. The number of methoxy groups -OCH3 is 1. The maximum atomic E-state index is 13.9. The van der Waals surface area contributed by atoms with Crippen LogP contribution in [0.3, 0.4) is 0 Å². The van der Waals surface area contributed by atoms with Crippen LogP contribution in [0.15, 0.2) is 65.1 Å². The lowest BCUT2D eigenvalue weighted by Gasteiger charge is -2.28. The molecule has 0 saturated carbocycles. The Balaban J connectivity index is 1.64. The summed E-state index contributed by atoms with van der Waals surface area (Å²) >= 11 is 0. The second-order valence-electron chi connectivity index (χ2n) is 9.51. The predicted octanol–water partition coefficient (Wildman–Crippen LogP) is 3.64. The molecule has 1 aliphatic carbocycles. The largest absolute Gasteiger partial charge is 0.465 e. The smallest absolute Gasteiger partial charge is 0.337 e. The van der Waals surface area contributed by atoms with Gasteiger partial charge in [-0.05, 0) is 80.6 Å². The Morgan fingerprint density at radius 1 is 1.05 bits per heavy atom.